The minimum atomic E-state index is -2.99. The van der Waals surface area contributed by atoms with Gasteiger partial charge in [0.15, 0.2) is 5.96 Å². The van der Waals surface area contributed by atoms with Gasteiger partial charge < -0.3 is 10.6 Å². The van der Waals surface area contributed by atoms with Gasteiger partial charge in [-0.05, 0) is 24.1 Å². The van der Waals surface area contributed by atoms with E-state index < -0.39 is 9.84 Å². The molecular formula is C13H20FN3O2S. The zero-order valence-electron chi connectivity index (χ0n) is 11.9. The molecule has 0 unspecified atom stereocenters. The number of benzene rings is 1. The van der Waals surface area contributed by atoms with Gasteiger partial charge in [-0.1, -0.05) is 12.1 Å². The first-order chi connectivity index (χ1) is 9.31. The van der Waals surface area contributed by atoms with Gasteiger partial charge in [-0.3, -0.25) is 4.99 Å². The molecule has 7 heteroatoms. The molecule has 0 atom stereocenters. The third-order valence-electron chi connectivity index (χ3n) is 2.67. The van der Waals surface area contributed by atoms with Crippen molar-refractivity contribution in [2.45, 2.75) is 13.5 Å². The second-order valence-electron chi connectivity index (χ2n) is 4.57. The molecule has 1 aromatic rings. The Bertz CT molecular complexity index is 585. The summed E-state index contributed by atoms with van der Waals surface area (Å²) in [7, 11) is -1.39. The van der Waals surface area contributed by atoms with E-state index in [-0.39, 0.29) is 11.6 Å². The van der Waals surface area contributed by atoms with Crippen LogP contribution in [-0.4, -0.2) is 40.0 Å². The Morgan fingerprint density at radius 2 is 2.05 bits per heavy atom. The van der Waals surface area contributed by atoms with Crippen molar-refractivity contribution in [2.24, 2.45) is 4.99 Å². The third kappa shape index (κ3) is 6.01. The van der Waals surface area contributed by atoms with Gasteiger partial charge in [-0.2, -0.15) is 0 Å². The molecule has 0 heterocycles. The fourth-order valence-electron chi connectivity index (χ4n) is 1.58. The summed E-state index contributed by atoms with van der Waals surface area (Å²) in [5.41, 5.74) is 1.51. The third-order valence-corrected chi connectivity index (χ3v) is 3.62. The highest BCUT2D eigenvalue weighted by Crippen LogP contribution is 2.08. The molecule has 0 saturated carbocycles. The molecule has 0 fully saturated rings. The lowest BCUT2D eigenvalue weighted by molar-refractivity contribution is 0.600. The Labute approximate surface area is 119 Å². The number of sulfone groups is 1. The summed E-state index contributed by atoms with van der Waals surface area (Å²) in [6.45, 7) is 2.48. The average molecular weight is 301 g/mol. The van der Waals surface area contributed by atoms with Crippen molar-refractivity contribution < 1.29 is 12.8 Å². The molecule has 0 bridgehead atoms. The van der Waals surface area contributed by atoms with Crippen LogP contribution in [0, 0.1) is 12.7 Å². The summed E-state index contributed by atoms with van der Waals surface area (Å²) in [6.07, 6.45) is 1.19. The highest BCUT2D eigenvalue weighted by atomic mass is 32.2. The first-order valence-corrected chi connectivity index (χ1v) is 8.25. The molecule has 0 radical (unpaired) electrons. The van der Waals surface area contributed by atoms with E-state index in [0.717, 1.165) is 5.56 Å². The molecule has 1 aromatic carbocycles. The molecule has 2 N–H and O–H groups in total. The van der Waals surface area contributed by atoms with Gasteiger partial charge in [-0.25, -0.2) is 12.8 Å². The summed E-state index contributed by atoms with van der Waals surface area (Å²) in [4.78, 5) is 3.99. The molecule has 20 heavy (non-hydrogen) atoms. The van der Waals surface area contributed by atoms with Gasteiger partial charge in [0.25, 0.3) is 0 Å². The van der Waals surface area contributed by atoms with Crippen LogP contribution in [0.2, 0.25) is 0 Å². The number of halogens is 1. The van der Waals surface area contributed by atoms with Crippen LogP contribution in [0.1, 0.15) is 11.1 Å². The number of hydrogen-bond acceptors (Lipinski definition) is 3. The molecule has 0 saturated heterocycles. The van der Waals surface area contributed by atoms with E-state index in [1.54, 1.807) is 26.1 Å². The topological polar surface area (TPSA) is 70.6 Å². The van der Waals surface area contributed by atoms with Gasteiger partial charge >= 0.3 is 0 Å². The highest BCUT2D eigenvalue weighted by Gasteiger charge is 2.04. The molecule has 0 amide bonds. The first-order valence-electron chi connectivity index (χ1n) is 6.19. The van der Waals surface area contributed by atoms with E-state index in [9.17, 15) is 12.8 Å². The number of nitrogens with one attached hydrogen (secondary N) is 2. The number of guanidine groups is 1. The summed E-state index contributed by atoms with van der Waals surface area (Å²) >= 11 is 0. The van der Waals surface area contributed by atoms with Crippen molar-refractivity contribution in [3.63, 3.8) is 0 Å². The number of rotatable bonds is 5. The van der Waals surface area contributed by atoms with E-state index in [0.29, 0.717) is 24.6 Å². The molecule has 0 aliphatic carbocycles. The minimum absolute atomic E-state index is 0.0450. The van der Waals surface area contributed by atoms with Crippen LogP contribution in [0.5, 0.6) is 0 Å². The summed E-state index contributed by atoms with van der Waals surface area (Å²) in [5.74, 6) is 0.323. The van der Waals surface area contributed by atoms with Crippen LogP contribution in [-0.2, 0) is 16.4 Å². The molecule has 1 rings (SSSR count). The van der Waals surface area contributed by atoms with Crippen LogP contribution in [0.25, 0.3) is 0 Å². The van der Waals surface area contributed by atoms with Crippen molar-refractivity contribution in [3.8, 4) is 0 Å². The predicted octanol–water partition coefficient (Wildman–Crippen LogP) is 0.844. The summed E-state index contributed by atoms with van der Waals surface area (Å²) in [6, 6.07) is 4.87. The Morgan fingerprint density at radius 1 is 1.35 bits per heavy atom. The maximum atomic E-state index is 13.1. The Hall–Kier alpha value is -1.63. The first kappa shape index (κ1) is 16.4. The van der Waals surface area contributed by atoms with Crippen molar-refractivity contribution in [2.75, 3.05) is 25.6 Å². The minimum Gasteiger partial charge on any atom is -0.355 e. The predicted molar refractivity (Wildman–Crippen MR) is 79.0 cm³/mol. The van der Waals surface area contributed by atoms with E-state index >= 15 is 0 Å². The van der Waals surface area contributed by atoms with Crippen LogP contribution in [0.4, 0.5) is 4.39 Å². The second-order valence-corrected chi connectivity index (χ2v) is 6.83. The zero-order chi connectivity index (χ0) is 15.2. The summed E-state index contributed by atoms with van der Waals surface area (Å²) in [5, 5.41) is 5.95. The lowest BCUT2D eigenvalue weighted by atomic mass is 10.1. The van der Waals surface area contributed by atoms with Crippen molar-refractivity contribution in [1.29, 1.82) is 0 Å². The highest BCUT2D eigenvalue weighted by molar-refractivity contribution is 7.90. The largest absolute Gasteiger partial charge is 0.355 e. The standard InChI is InChI=1S/C13H20FN3O2S/c1-10-8-11(4-5-12(10)14)9-17-13(15-2)16-6-7-20(3,18)19/h4-5,8H,6-7,9H2,1-3H3,(H2,15,16,17). The Morgan fingerprint density at radius 3 is 2.60 bits per heavy atom. The molecule has 0 aliphatic heterocycles. The average Bonchev–Trinajstić information content (AvgIpc) is 2.36. The van der Waals surface area contributed by atoms with E-state index in [1.165, 1.54) is 12.3 Å². The number of aryl methyl sites for hydroxylation is 1. The molecule has 112 valence electrons. The molecule has 0 aliphatic rings. The maximum absolute atomic E-state index is 13.1. The van der Waals surface area contributed by atoms with Crippen LogP contribution in [0.15, 0.2) is 23.2 Å². The smallest absolute Gasteiger partial charge is 0.191 e. The molecular weight excluding hydrogens is 281 g/mol. The van der Waals surface area contributed by atoms with Gasteiger partial charge in [0.05, 0.1) is 5.75 Å². The molecule has 0 spiro atoms. The van der Waals surface area contributed by atoms with Gasteiger partial charge in [0.2, 0.25) is 0 Å². The normalized spacial score (nSPS) is 12.3. The van der Waals surface area contributed by atoms with Crippen molar-refractivity contribution in [3.05, 3.63) is 35.1 Å². The van der Waals surface area contributed by atoms with Crippen LogP contribution in [0.3, 0.4) is 0 Å². The Balaban J connectivity index is 2.47. The van der Waals surface area contributed by atoms with Gasteiger partial charge in [0.1, 0.15) is 15.7 Å². The Kier molecular flexibility index (Phi) is 5.94. The summed E-state index contributed by atoms with van der Waals surface area (Å²) < 4.78 is 35.2. The van der Waals surface area contributed by atoms with Crippen LogP contribution >= 0.6 is 0 Å². The van der Waals surface area contributed by atoms with Crippen molar-refractivity contribution >= 4 is 15.8 Å². The lowest BCUT2D eigenvalue weighted by Gasteiger charge is -2.12. The number of nitrogens with zero attached hydrogens (tertiary/aromatic N) is 1. The SMILES string of the molecule is CN=C(NCCS(C)(=O)=O)NCc1ccc(F)c(C)c1. The molecule has 5 nitrogen and oxygen atoms in total. The van der Waals surface area contributed by atoms with Gasteiger partial charge in [0, 0.05) is 26.4 Å². The fraction of sp³-hybridized carbons (Fsp3) is 0.462. The zero-order valence-corrected chi connectivity index (χ0v) is 12.7. The quantitative estimate of drug-likeness (QED) is 0.625. The van der Waals surface area contributed by atoms with Crippen LogP contribution < -0.4 is 10.6 Å². The second kappa shape index (κ2) is 7.23. The number of aliphatic imine (C=N–C) groups is 1. The van der Waals surface area contributed by atoms with E-state index in [2.05, 4.69) is 15.6 Å². The number of hydrogen-bond donors (Lipinski definition) is 2. The lowest BCUT2D eigenvalue weighted by Crippen LogP contribution is -2.39. The van der Waals surface area contributed by atoms with Gasteiger partial charge in [-0.15, -0.1) is 0 Å². The monoisotopic (exact) mass is 301 g/mol. The molecule has 0 aromatic heterocycles. The van der Waals surface area contributed by atoms with E-state index in [4.69, 9.17) is 0 Å². The van der Waals surface area contributed by atoms with Crippen molar-refractivity contribution in [1.82, 2.24) is 10.6 Å². The maximum Gasteiger partial charge on any atom is 0.191 e. The van der Waals surface area contributed by atoms with E-state index in [1.807, 2.05) is 0 Å². The fourth-order valence-corrected chi connectivity index (χ4v) is 2.05.